The van der Waals surface area contributed by atoms with Crippen LogP contribution in [0.2, 0.25) is 10.0 Å². The molecule has 2 N–H and O–H groups in total. The third kappa shape index (κ3) is 5.32. The van der Waals surface area contributed by atoms with Gasteiger partial charge in [-0.05, 0) is 61.4 Å². The van der Waals surface area contributed by atoms with Crippen LogP contribution in [0.4, 0.5) is 11.6 Å². The van der Waals surface area contributed by atoms with Crippen molar-refractivity contribution < 1.29 is 14.3 Å². The summed E-state index contributed by atoms with van der Waals surface area (Å²) in [5, 5.41) is 11.5. The van der Waals surface area contributed by atoms with Crippen molar-refractivity contribution in [2.24, 2.45) is 0 Å². The first kappa shape index (κ1) is 25.6. The number of hydrogen-bond acceptors (Lipinski definition) is 6. The van der Waals surface area contributed by atoms with Crippen LogP contribution in [0.15, 0.2) is 84.3 Å². The van der Waals surface area contributed by atoms with E-state index in [9.17, 15) is 4.79 Å². The van der Waals surface area contributed by atoms with Crippen LogP contribution in [0.5, 0.6) is 11.5 Å². The Morgan fingerprint density at radius 3 is 2.61 bits per heavy atom. The molecule has 38 heavy (non-hydrogen) atoms. The molecule has 194 valence electrons. The van der Waals surface area contributed by atoms with Crippen molar-refractivity contribution in [1.29, 1.82) is 0 Å². The topological polar surface area (TPSA) is 90.3 Å². The fraction of sp³-hybridized carbons (Fsp3) is 0.179. The number of halogens is 2. The van der Waals surface area contributed by atoms with Gasteiger partial charge in [0.05, 0.1) is 22.2 Å². The molecule has 1 atom stereocenters. The van der Waals surface area contributed by atoms with Crippen LogP contribution in [0, 0.1) is 0 Å². The highest BCUT2D eigenvalue weighted by Crippen LogP contribution is 2.39. The van der Waals surface area contributed by atoms with Crippen molar-refractivity contribution >= 4 is 40.7 Å². The third-order valence-corrected chi connectivity index (χ3v) is 6.77. The molecule has 1 unspecified atom stereocenters. The zero-order chi connectivity index (χ0) is 26.6. The summed E-state index contributed by atoms with van der Waals surface area (Å²) < 4.78 is 13.7. The fourth-order valence-corrected chi connectivity index (χ4v) is 4.61. The minimum absolute atomic E-state index is 0.245. The molecule has 4 aromatic rings. The summed E-state index contributed by atoms with van der Waals surface area (Å²) in [6.45, 7) is 4.46. The number of benzene rings is 3. The summed E-state index contributed by atoms with van der Waals surface area (Å²) in [6.07, 6.45) is 1.46. The number of para-hydroxylation sites is 1. The Morgan fingerprint density at radius 1 is 1.03 bits per heavy atom. The standard InChI is InChI=1S/C28H25Cl2N5O3/c1-3-37-24-14-19(10-12-23(24)38-15-18-9-11-21(29)22(30)13-18)26-25(17(2)33-28-31-16-32-35(26)28)27(36)34-20-7-5-4-6-8-20/h4-14,16,26H,3,15H2,1-2H3,(H,34,36)(H,31,32,33). The molecule has 1 aromatic heterocycles. The molecule has 8 nitrogen and oxygen atoms in total. The molecule has 3 aromatic carbocycles. The molecule has 1 aliphatic rings. The normalized spacial score (nSPS) is 14.5. The smallest absolute Gasteiger partial charge is 0.255 e. The highest BCUT2D eigenvalue weighted by Gasteiger charge is 2.34. The molecular weight excluding hydrogens is 525 g/mol. The Labute approximate surface area is 230 Å². The molecule has 10 heteroatoms. The van der Waals surface area contributed by atoms with E-state index in [0.29, 0.717) is 51.1 Å². The predicted octanol–water partition coefficient (Wildman–Crippen LogP) is 6.49. The van der Waals surface area contributed by atoms with E-state index < -0.39 is 6.04 Å². The number of aromatic nitrogens is 3. The number of rotatable bonds is 8. The minimum Gasteiger partial charge on any atom is -0.490 e. The van der Waals surface area contributed by atoms with Crippen LogP contribution in [0.3, 0.4) is 0 Å². The molecule has 0 spiro atoms. The van der Waals surface area contributed by atoms with E-state index in [2.05, 4.69) is 20.7 Å². The number of amides is 1. The lowest BCUT2D eigenvalue weighted by Crippen LogP contribution is -2.31. The Bertz CT molecular complexity index is 1500. The van der Waals surface area contributed by atoms with Crippen molar-refractivity contribution in [3.63, 3.8) is 0 Å². The van der Waals surface area contributed by atoms with Crippen molar-refractivity contribution in [2.45, 2.75) is 26.5 Å². The van der Waals surface area contributed by atoms with E-state index in [4.69, 9.17) is 32.7 Å². The van der Waals surface area contributed by atoms with Gasteiger partial charge in [0.25, 0.3) is 5.91 Å². The Hall–Kier alpha value is -4.01. The Balaban J connectivity index is 1.48. The maximum atomic E-state index is 13.5. The second kappa shape index (κ2) is 11.2. The summed E-state index contributed by atoms with van der Waals surface area (Å²) in [7, 11) is 0. The number of hydrogen-bond donors (Lipinski definition) is 2. The molecule has 0 radical (unpaired) electrons. The number of nitrogens with zero attached hydrogens (tertiary/aromatic N) is 3. The van der Waals surface area contributed by atoms with E-state index in [1.54, 1.807) is 16.8 Å². The van der Waals surface area contributed by atoms with Crippen molar-refractivity contribution in [3.8, 4) is 11.5 Å². The van der Waals surface area contributed by atoms with E-state index in [0.717, 1.165) is 11.1 Å². The van der Waals surface area contributed by atoms with Crippen LogP contribution in [0.1, 0.15) is 31.0 Å². The van der Waals surface area contributed by atoms with Crippen LogP contribution < -0.4 is 20.1 Å². The van der Waals surface area contributed by atoms with Crippen LogP contribution in [0.25, 0.3) is 0 Å². The van der Waals surface area contributed by atoms with Gasteiger partial charge in [-0.1, -0.05) is 53.5 Å². The SMILES string of the molecule is CCOc1cc(C2C(C(=O)Nc3ccccc3)=C(C)Nc3ncnn32)ccc1OCc1ccc(Cl)c(Cl)c1. The van der Waals surface area contributed by atoms with Crippen LogP contribution in [-0.4, -0.2) is 27.3 Å². The molecule has 1 amide bonds. The van der Waals surface area contributed by atoms with Gasteiger partial charge in [0, 0.05) is 11.4 Å². The maximum absolute atomic E-state index is 13.5. The van der Waals surface area contributed by atoms with Gasteiger partial charge >= 0.3 is 0 Å². The molecule has 0 fully saturated rings. The first-order valence-corrected chi connectivity index (χ1v) is 12.8. The fourth-order valence-electron chi connectivity index (χ4n) is 4.29. The Morgan fingerprint density at radius 2 is 1.84 bits per heavy atom. The van der Waals surface area contributed by atoms with Gasteiger partial charge in [0.15, 0.2) is 11.5 Å². The number of nitrogens with one attached hydrogen (secondary N) is 2. The van der Waals surface area contributed by atoms with Gasteiger partial charge in [-0.25, -0.2) is 4.68 Å². The first-order chi connectivity index (χ1) is 18.4. The second-order valence-corrected chi connectivity index (χ2v) is 9.41. The van der Waals surface area contributed by atoms with Gasteiger partial charge in [-0.2, -0.15) is 10.1 Å². The maximum Gasteiger partial charge on any atom is 0.255 e. The van der Waals surface area contributed by atoms with Gasteiger partial charge < -0.3 is 20.1 Å². The molecule has 0 saturated heterocycles. The summed E-state index contributed by atoms with van der Waals surface area (Å²) >= 11 is 12.2. The van der Waals surface area contributed by atoms with E-state index in [1.807, 2.05) is 68.4 Å². The Kier molecular flexibility index (Phi) is 7.53. The summed E-state index contributed by atoms with van der Waals surface area (Å²) in [5.41, 5.74) is 3.55. The lowest BCUT2D eigenvalue weighted by molar-refractivity contribution is -0.113. The van der Waals surface area contributed by atoms with Crippen molar-refractivity contribution in [1.82, 2.24) is 14.8 Å². The van der Waals surface area contributed by atoms with Gasteiger partial charge in [0.1, 0.15) is 19.0 Å². The predicted molar refractivity (Wildman–Crippen MR) is 148 cm³/mol. The second-order valence-electron chi connectivity index (χ2n) is 8.59. The number of allylic oxidation sites excluding steroid dienone is 1. The lowest BCUT2D eigenvalue weighted by Gasteiger charge is -2.29. The van der Waals surface area contributed by atoms with E-state index >= 15 is 0 Å². The minimum atomic E-state index is -0.541. The molecule has 2 heterocycles. The van der Waals surface area contributed by atoms with Crippen LogP contribution in [-0.2, 0) is 11.4 Å². The largest absolute Gasteiger partial charge is 0.490 e. The average Bonchev–Trinajstić information content (AvgIpc) is 3.38. The van der Waals surface area contributed by atoms with Crippen LogP contribution >= 0.6 is 23.2 Å². The summed E-state index contributed by atoms with van der Waals surface area (Å²) in [4.78, 5) is 17.8. The number of carbonyl (C=O) groups is 1. The average molecular weight is 550 g/mol. The number of carbonyl (C=O) groups excluding carboxylic acids is 1. The lowest BCUT2D eigenvalue weighted by atomic mass is 9.94. The summed E-state index contributed by atoms with van der Waals surface area (Å²) in [6, 6.07) is 19.7. The number of fused-ring (bicyclic) bond motifs is 1. The quantitative estimate of drug-likeness (QED) is 0.261. The van der Waals surface area contributed by atoms with Gasteiger partial charge in [0.2, 0.25) is 5.95 Å². The van der Waals surface area contributed by atoms with Crippen molar-refractivity contribution in [3.05, 3.63) is 105 Å². The zero-order valence-corrected chi connectivity index (χ0v) is 22.3. The third-order valence-electron chi connectivity index (χ3n) is 6.03. The number of anilines is 2. The molecule has 1 aliphatic heterocycles. The highest BCUT2D eigenvalue weighted by molar-refractivity contribution is 6.42. The monoisotopic (exact) mass is 549 g/mol. The van der Waals surface area contributed by atoms with E-state index in [1.165, 1.54) is 6.33 Å². The molecule has 0 aliphatic carbocycles. The molecule has 0 bridgehead atoms. The van der Waals surface area contributed by atoms with Gasteiger partial charge in [-0.15, -0.1) is 0 Å². The zero-order valence-electron chi connectivity index (χ0n) is 20.7. The van der Waals surface area contributed by atoms with Gasteiger partial charge in [-0.3, -0.25) is 4.79 Å². The first-order valence-electron chi connectivity index (χ1n) is 12.0. The molecular formula is C28H25Cl2N5O3. The van der Waals surface area contributed by atoms with Crippen molar-refractivity contribution in [2.75, 3.05) is 17.2 Å². The van der Waals surface area contributed by atoms with E-state index in [-0.39, 0.29) is 12.5 Å². The molecule has 5 rings (SSSR count). The summed E-state index contributed by atoms with van der Waals surface area (Å²) in [5.74, 6) is 1.41. The molecule has 0 saturated carbocycles. The number of ether oxygens (including phenoxy) is 2. The highest BCUT2D eigenvalue weighted by atomic mass is 35.5.